The van der Waals surface area contributed by atoms with Gasteiger partial charge in [0.15, 0.2) is 0 Å². The van der Waals surface area contributed by atoms with Gasteiger partial charge < -0.3 is 20.9 Å². The number of benzene rings is 3. The summed E-state index contributed by atoms with van der Waals surface area (Å²) in [6.45, 7) is 5.75. The average molecular weight is 499 g/mol. The zero-order valence-electron chi connectivity index (χ0n) is 21.4. The minimum atomic E-state index is -0.227. The molecule has 0 spiro atoms. The van der Waals surface area contributed by atoms with Gasteiger partial charge in [0.25, 0.3) is 11.8 Å². The number of carbonyl (C=O) groups is 3. The molecule has 1 fully saturated rings. The summed E-state index contributed by atoms with van der Waals surface area (Å²) in [5.41, 5.74) is 3.48. The standard InChI is InChI=1S/C30H34N4O3/c1-21-15-17-34(18-16-21)30(37)25-9-6-10-27(19-25)33-28(35)20-31-26-13-11-24(12-14-26)29(36)32-22(2)23-7-4-3-5-8-23/h3-14,19,21-22,31H,15-18,20H2,1-2H3,(H,32,36)(H,33,35). The molecule has 1 unspecified atom stereocenters. The van der Waals surface area contributed by atoms with Crippen LogP contribution in [0.25, 0.3) is 0 Å². The number of hydrogen-bond donors (Lipinski definition) is 3. The van der Waals surface area contributed by atoms with Crippen LogP contribution in [0.5, 0.6) is 0 Å². The van der Waals surface area contributed by atoms with Crippen LogP contribution >= 0.6 is 0 Å². The first-order chi connectivity index (χ1) is 17.9. The number of nitrogens with zero attached hydrogens (tertiary/aromatic N) is 1. The van der Waals surface area contributed by atoms with E-state index in [2.05, 4.69) is 22.9 Å². The maximum absolute atomic E-state index is 12.8. The fraction of sp³-hybridized carbons (Fsp3) is 0.300. The van der Waals surface area contributed by atoms with Crippen molar-refractivity contribution < 1.29 is 14.4 Å². The van der Waals surface area contributed by atoms with Crippen molar-refractivity contribution in [2.24, 2.45) is 5.92 Å². The van der Waals surface area contributed by atoms with E-state index in [4.69, 9.17) is 0 Å². The lowest BCUT2D eigenvalue weighted by atomic mass is 9.98. The smallest absolute Gasteiger partial charge is 0.253 e. The lowest BCUT2D eigenvalue weighted by Gasteiger charge is -2.30. The number of piperidine rings is 1. The number of nitrogens with one attached hydrogen (secondary N) is 3. The van der Waals surface area contributed by atoms with Crippen LogP contribution in [-0.4, -0.2) is 42.3 Å². The van der Waals surface area contributed by atoms with Gasteiger partial charge in [0.05, 0.1) is 12.6 Å². The molecule has 0 bridgehead atoms. The van der Waals surface area contributed by atoms with Crippen molar-refractivity contribution in [3.63, 3.8) is 0 Å². The number of likely N-dealkylation sites (tertiary alicyclic amines) is 1. The van der Waals surface area contributed by atoms with Crippen LogP contribution in [0.1, 0.15) is 59.0 Å². The zero-order chi connectivity index (χ0) is 26.2. The summed E-state index contributed by atoms with van der Waals surface area (Å²) >= 11 is 0. The molecule has 7 heteroatoms. The Labute approximate surface area is 218 Å². The fourth-order valence-corrected chi connectivity index (χ4v) is 4.36. The highest BCUT2D eigenvalue weighted by Gasteiger charge is 2.21. The number of rotatable bonds is 8. The van der Waals surface area contributed by atoms with E-state index in [9.17, 15) is 14.4 Å². The second-order valence-electron chi connectivity index (χ2n) is 9.64. The number of anilines is 2. The highest BCUT2D eigenvalue weighted by Crippen LogP contribution is 2.20. The quantitative estimate of drug-likeness (QED) is 0.403. The molecule has 0 aliphatic carbocycles. The van der Waals surface area contributed by atoms with E-state index < -0.39 is 0 Å². The summed E-state index contributed by atoms with van der Waals surface area (Å²) in [7, 11) is 0. The molecule has 7 nitrogen and oxygen atoms in total. The third-order valence-corrected chi connectivity index (χ3v) is 6.71. The predicted octanol–water partition coefficient (Wildman–Crippen LogP) is 5.10. The van der Waals surface area contributed by atoms with Crippen molar-refractivity contribution in [3.05, 3.63) is 95.6 Å². The van der Waals surface area contributed by atoms with Crippen LogP contribution in [0, 0.1) is 5.92 Å². The summed E-state index contributed by atoms with van der Waals surface area (Å²) < 4.78 is 0. The van der Waals surface area contributed by atoms with Gasteiger partial charge in [-0.3, -0.25) is 14.4 Å². The lowest BCUT2D eigenvalue weighted by molar-refractivity contribution is -0.114. The Kier molecular flexibility index (Phi) is 8.56. The van der Waals surface area contributed by atoms with Crippen LogP contribution < -0.4 is 16.0 Å². The molecule has 0 saturated carbocycles. The molecule has 1 aliphatic rings. The van der Waals surface area contributed by atoms with E-state index in [0.717, 1.165) is 37.2 Å². The van der Waals surface area contributed by atoms with Gasteiger partial charge in [0, 0.05) is 35.6 Å². The van der Waals surface area contributed by atoms with Crippen molar-refractivity contribution >= 4 is 29.1 Å². The maximum Gasteiger partial charge on any atom is 0.253 e. The van der Waals surface area contributed by atoms with Gasteiger partial charge in [-0.25, -0.2) is 0 Å². The summed E-state index contributed by atoms with van der Waals surface area (Å²) in [6.07, 6.45) is 2.04. The second kappa shape index (κ2) is 12.2. The Bertz CT molecular complexity index is 1220. The molecule has 0 aromatic heterocycles. The summed E-state index contributed by atoms with van der Waals surface area (Å²) in [5, 5.41) is 8.91. The molecule has 1 aliphatic heterocycles. The number of amides is 3. The first kappa shape index (κ1) is 25.9. The minimum Gasteiger partial charge on any atom is -0.376 e. The third-order valence-electron chi connectivity index (χ3n) is 6.71. The molecule has 37 heavy (non-hydrogen) atoms. The monoisotopic (exact) mass is 498 g/mol. The molecule has 3 aromatic carbocycles. The largest absolute Gasteiger partial charge is 0.376 e. The van der Waals surface area contributed by atoms with E-state index in [1.807, 2.05) is 42.2 Å². The van der Waals surface area contributed by atoms with Crippen LogP contribution in [0.15, 0.2) is 78.9 Å². The predicted molar refractivity (Wildman–Crippen MR) is 147 cm³/mol. The van der Waals surface area contributed by atoms with Crippen molar-refractivity contribution in [3.8, 4) is 0 Å². The van der Waals surface area contributed by atoms with E-state index >= 15 is 0 Å². The summed E-state index contributed by atoms with van der Waals surface area (Å²) in [5.74, 6) is 0.270. The molecule has 192 valence electrons. The first-order valence-electron chi connectivity index (χ1n) is 12.8. The molecular formula is C30H34N4O3. The van der Waals surface area contributed by atoms with E-state index in [-0.39, 0.29) is 30.3 Å². The highest BCUT2D eigenvalue weighted by molar-refractivity contribution is 5.98. The van der Waals surface area contributed by atoms with Gasteiger partial charge >= 0.3 is 0 Å². The molecule has 3 aromatic rings. The van der Waals surface area contributed by atoms with E-state index in [1.54, 1.807) is 48.5 Å². The molecule has 3 N–H and O–H groups in total. The SMILES string of the molecule is CC1CCN(C(=O)c2cccc(NC(=O)CNc3ccc(C(=O)NC(C)c4ccccc4)cc3)c2)CC1. The van der Waals surface area contributed by atoms with Crippen LogP contribution in [0.3, 0.4) is 0 Å². The second-order valence-corrected chi connectivity index (χ2v) is 9.64. The van der Waals surface area contributed by atoms with Crippen LogP contribution in [0.4, 0.5) is 11.4 Å². The van der Waals surface area contributed by atoms with E-state index in [1.165, 1.54) is 0 Å². The molecule has 1 atom stereocenters. The minimum absolute atomic E-state index is 0.00316. The van der Waals surface area contributed by atoms with E-state index in [0.29, 0.717) is 22.7 Å². The Morgan fingerprint density at radius 3 is 2.27 bits per heavy atom. The van der Waals surface area contributed by atoms with Gasteiger partial charge in [0.2, 0.25) is 5.91 Å². The topological polar surface area (TPSA) is 90.5 Å². The van der Waals surface area contributed by atoms with Gasteiger partial charge in [0.1, 0.15) is 0 Å². The summed E-state index contributed by atoms with van der Waals surface area (Å²) in [6, 6.07) is 23.7. The van der Waals surface area contributed by atoms with Crippen molar-refractivity contribution in [1.29, 1.82) is 0 Å². The number of carbonyl (C=O) groups excluding carboxylic acids is 3. The summed E-state index contributed by atoms with van der Waals surface area (Å²) in [4.78, 5) is 39.8. The fourth-order valence-electron chi connectivity index (χ4n) is 4.36. The third kappa shape index (κ3) is 7.19. The lowest BCUT2D eigenvalue weighted by Crippen LogP contribution is -2.37. The van der Waals surface area contributed by atoms with Crippen LogP contribution in [-0.2, 0) is 4.79 Å². The van der Waals surface area contributed by atoms with Gasteiger partial charge in [-0.05, 0) is 73.7 Å². The average Bonchev–Trinajstić information content (AvgIpc) is 2.93. The zero-order valence-corrected chi connectivity index (χ0v) is 21.4. The molecule has 0 radical (unpaired) electrons. The molecular weight excluding hydrogens is 464 g/mol. The highest BCUT2D eigenvalue weighted by atomic mass is 16.2. The Hall–Kier alpha value is -4.13. The molecule has 1 saturated heterocycles. The maximum atomic E-state index is 12.8. The molecule has 1 heterocycles. The molecule has 3 amide bonds. The first-order valence-corrected chi connectivity index (χ1v) is 12.8. The normalized spacial score (nSPS) is 14.5. The van der Waals surface area contributed by atoms with Crippen LogP contribution in [0.2, 0.25) is 0 Å². The number of hydrogen-bond acceptors (Lipinski definition) is 4. The van der Waals surface area contributed by atoms with Crippen molar-refractivity contribution in [2.45, 2.75) is 32.7 Å². The Morgan fingerprint density at radius 2 is 1.57 bits per heavy atom. The van der Waals surface area contributed by atoms with Gasteiger partial charge in [-0.15, -0.1) is 0 Å². The van der Waals surface area contributed by atoms with Gasteiger partial charge in [-0.1, -0.05) is 43.3 Å². The van der Waals surface area contributed by atoms with Crippen molar-refractivity contribution in [2.75, 3.05) is 30.3 Å². The molecule has 4 rings (SSSR count). The Morgan fingerprint density at radius 1 is 0.865 bits per heavy atom. The van der Waals surface area contributed by atoms with Crippen molar-refractivity contribution in [1.82, 2.24) is 10.2 Å². The van der Waals surface area contributed by atoms with Gasteiger partial charge in [-0.2, -0.15) is 0 Å². The Balaban J connectivity index is 1.26.